The minimum absolute atomic E-state index is 0.536. The van der Waals surface area contributed by atoms with Crippen molar-refractivity contribution in [3.8, 4) is 11.4 Å². The van der Waals surface area contributed by atoms with Gasteiger partial charge in [0.1, 0.15) is 0 Å². The minimum Gasteiger partial charge on any atom is -0.381 e. The maximum Gasteiger partial charge on any atom is 0.204 e. The molecule has 21 heavy (non-hydrogen) atoms. The highest BCUT2D eigenvalue weighted by molar-refractivity contribution is 6.36. The predicted octanol–water partition coefficient (Wildman–Crippen LogP) is 3.79. The van der Waals surface area contributed by atoms with Crippen LogP contribution in [0.3, 0.4) is 0 Å². The van der Waals surface area contributed by atoms with Crippen molar-refractivity contribution in [2.75, 3.05) is 5.32 Å². The molecule has 0 spiro atoms. The van der Waals surface area contributed by atoms with Crippen LogP contribution in [0.15, 0.2) is 42.5 Å². The van der Waals surface area contributed by atoms with E-state index in [9.17, 15) is 0 Å². The highest BCUT2D eigenvalue weighted by Crippen LogP contribution is 2.26. The van der Waals surface area contributed by atoms with E-state index in [4.69, 9.17) is 23.2 Å². The molecular weight excluding hydrogens is 309 g/mol. The van der Waals surface area contributed by atoms with Gasteiger partial charge >= 0.3 is 0 Å². The van der Waals surface area contributed by atoms with E-state index in [-0.39, 0.29) is 0 Å². The summed E-state index contributed by atoms with van der Waals surface area (Å²) in [5.74, 6) is 0.550. The molecule has 0 aliphatic rings. The Kier molecular flexibility index (Phi) is 4.03. The summed E-state index contributed by atoms with van der Waals surface area (Å²) in [7, 11) is 0. The summed E-state index contributed by atoms with van der Waals surface area (Å²) in [4.78, 5) is 0. The third-order valence-electron chi connectivity index (χ3n) is 3.00. The topological polar surface area (TPSA) is 66.5 Å². The lowest BCUT2D eigenvalue weighted by atomic mass is 10.1. The van der Waals surface area contributed by atoms with Gasteiger partial charge in [0.25, 0.3) is 0 Å². The molecule has 106 valence electrons. The molecule has 0 amide bonds. The number of rotatable bonds is 4. The van der Waals surface area contributed by atoms with Crippen molar-refractivity contribution in [1.29, 1.82) is 0 Å². The van der Waals surface area contributed by atoms with Crippen LogP contribution in [0.2, 0.25) is 10.0 Å². The Balaban J connectivity index is 1.78. The van der Waals surface area contributed by atoms with E-state index in [1.807, 2.05) is 42.5 Å². The van der Waals surface area contributed by atoms with Gasteiger partial charge in [0.05, 0.1) is 0 Å². The van der Waals surface area contributed by atoms with Gasteiger partial charge in [-0.25, -0.2) is 0 Å². The second kappa shape index (κ2) is 6.11. The van der Waals surface area contributed by atoms with Crippen LogP contribution in [0.1, 0.15) is 5.56 Å². The molecule has 0 saturated carbocycles. The summed E-state index contributed by atoms with van der Waals surface area (Å²) < 4.78 is 0. The fourth-order valence-electron chi connectivity index (χ4n) is 1.94. The normalized spacial score (nSPS) is 10.6. The molecule has 0 aliphatic heterocycles. The van der Waals surface area contributed by atoms with Crippen LogP contribution in [-0.4, -0.2) is 20.6 Å². The standard InChI is InChI=1S/C14H11Cl2N5/c15-12-5-2-6-13(16)11(12)8-17-10-4-1-3-9(7-10)14-18-20-21-19-14/h1-7,17H,8H2,(H,18,19,20,21). The number of hydrogen-bond donors (Lipinski definition) is 2. The number of aromatic amines is 1. The van der Waals surface area contributed by atoms with Gasteiger partial charge in [-0.2, -0.15) is 5.21 Å². The maximum absolute atomic E-state index is 6.15. The summed E-state index contributed by atoms with van der Waals surface area (Å²) in [6.07, 6.45) is 0. The molecule has 3 rings (SSSR count). The van der Waals surface area contributed by atoms with Crippen molar-refractivity contribution in [3.05, 3.63) is 58.1 Å². The monoisotopic (exact) mass is 319 g/mol. The number of aromatic nitrogens is 4. The molecule has 0 radical (unpaired) electrons. The number of nitrogens with one attached hydrogen (secondary N) is 2. The summed E-state index contributed by atoms with van der Waals surface area (Å²) in [5, 5.41) is 18.5. The molecule has 0 saturated heterocycles. The molecule has 1 aromatic heterocycles. The van der Waals surface area contributed by atoms with Gasteiger partial charge in [-0.15, -0.1) is 10.2 Å². The van der Waals surface area contributed by atoms with Crippen LogP contribution in [0.5, 0.6) is 0 Å². The van der Waals surface area contributed by atoms with Gasteiger partial charge in [-0.3, -0.25) is 0 Å². The van der Waals surface area contributed by atoms with Gasteiger partial charge in [0.2, 0.25) is 5.82 Å². The molecule has 0 atom stereocenters. The molecule has 0 aliphatic carbocycles. The number of anilines is 1. The number of H-pyrrole nitrogens is 1. The first kappa shape index (κ1) is 13.9. The number of benzene rings is 2. The van der Waals surface area contributed by atoms with Crippen LogP contribution >= 0.6 is 23.2 Å². The Bertz CT molecular complexity index is 723. The summed E-state index contributed by atoms with van der Waals surface area (Å²) in [6.45, 7) is 0.536. The zero-order chi connectivity index (χ0) is 14.7. The van der Waals surface area contributed by atoms with Crippen molar-refractivity contribution in [3.63, 3.8) is 0 Å². The van der Waals surface area contributed by atoms with Crippen LogP contribution in [0.25, 0.3) is 11.4 Å². The van der Waals surface area contributed by atoms with Crippen LogP contribution in [0.4, 0.5) is 5.69 Å². The zero-order valence-corrected chi connectivity index (χ0v) is 12.4. The first-order valence-corrected chi connectivity index (χ1v) is 7.00. The average molecular weight is 320 g/mol. The summed E-state index contributed by atoms with van der Waals surface area (Å²) in [5.41, 5.74) is 2.66. The number of hydrogen-bond acceptors (Lipinski definition) is 4. The van der Waals surface area contributed by atoms with Crippen LogP contribution in [0, 0.1) is 0 Å². The Hall–Kier alpha value is -2.11. The largest absolute Gasteiger partial charge is 0.381 e. The SMILES string of the molecule is Clc1cccc(Cl)c1CNc1cccc(-c2nn[nH]n2)c1. The van der Waals surface area contributed by atoms with Gasteiger partial charge in [0, 0.05) is 33.4 Å². The van der Waals surface area contributed by atoms with Gasteiger partial charge in [0.15, 0.2) is 0 Å². The van der Waals surface area contributed by atoms with E-state index >= 15 is 0 Å². The summed E-state index contributed by atoms with van der Waals surface area (Å²) >= 11 is 12.3. The fraction of sp³-hybridized carbons (Fsp3) is 0.0714. The quantitative estimate of drug-likeness (QED) is 0.767. The second-order valence-electron chi connectivity index (χ2n) is 4.37. The lowest BCUT2D eigenvalue weighted by Gasteiger charge is -2.10. The predicted molar refractivity (Wildman–Crippen MR) is 83.4 cm³/mol. The van der Waals surface area contributed by atoms with Crippen molar-refractivity contribution in [2.45, 2.75) is 6.54 Å². The molecule has 3 aromatic rings. The molecule has 5 nitrogen and oxygen atoms in total. The molecule has 2 aromatic carbocycles. The Morgan fingerprint density at radius 3 is 2.52 bits per heavy atom. The third-order valence-corrected chi connectivity index (χ3v) is 3.71. The maximum atomic E-state index is 6.15. The zero-order valence-electron chi connectivity index (χ0n) is 10.8. The molecule has 1 heterocycles. The number of tetrazole rings is 1. The van der Waals surface area contributed by atoms with E-state index in [0.29, 0.717) is 22.4 Å². The lowest BCUT2D eigenvalue weighted by molar-refractivity contribution is 0.881. The molecule has 2 N–H and O–H groups in total. The number of nitrogens with zero attached hydrogens (tertiary/aromatic N) is 3. The van der Waals surface area contributed by atoms with Crippen molar-refractivity contribution in [1.82, 2.24) is 20.6 Å². The Morgan fingerprint density at radius 1 is 1.05 bits per heavy atom. The smallest absolute Gasteiger partial charge is 0.204 e. The summed E-state index contributed by atoms with van der Waals surface area (Å²) in [6, 6.07) is 13.2. The minimum atomic E-state index is 0.536. The third kappa shape index (κ3) is 3.15. The van der Waals surface area contributed by atoms with Gasteiger partial charge in [-0.05, 0) is 29.5 Å². The Morgan fingerprint density at radius 2 is 1.81 bits per heavy atom. The highest BCUT2D eigenvalue weighted by atomic mass is 35.5. The van der Waals surface area contributed by atoms with Crippen molar-refractivity contribution >= 4 is 28.9 Å². The Labute approximate surface area is 131 Å². The van der Waals surface area contributed by atoms with E-state index < -0.39 is 0 Å². The highest BCUT2D eigenvalue weighted by Gasteiger charge is 2.06. The van der Waals surface area contributed by atoms with Crippen molar-refractivity contribution < 1.29 is 0 Å². The van der Waals surface area contributed by atoms with E-state index in [1.165, 1.54) is 0 Å². The molecule has 0 unspecified atom stereocenters. The van der Waals surface area contributed by atoms with E-state index in [2.05, 4.69) is 25.9 Å². The second-order valence-corrected chi connectivity index (χ2v) is 5.18. The van der Waals surface area contributed by atoms with Crippen LogP contribution in [-0.2, 0) is 6.54 Å². The lowest BCUT2D eigenvalue weighted by Crippen LogP contribution is -2.01. The fourth-order valence-corrected chi connectivity index (χ4v) is 2.48. The molecule has 7 heteroatoms. The van der Waals surface area contributed by atoms with E-state index in [0.717, 1.165) is 16.8 Å². The average Bonchev–Trinajstić information content (AvgIpc) is 3.01. The first-order chi connectivity index (χ1) is 10.2. The first-order valence-electron chi connectivity index (χ1n) is 6.24. The van der Waals surface area contributed by atoms with E-state index in [1.54, 1.807) is 0 Å². The van der Waals surface area contributed by atoms with Gasteiger partial charge < -0.3 is 5.32 Å². The van der Waals surface area contributed by atoms with Gasteiger partial charge in [-0.1, -0.05) is 41.4 Å². The molecule has 0 bridgehead atoms. The molecule has 0 fully saturated rings. The number of halogens is 2. The molecular formula is C14H11Cl2N5. The van der Waals surface area contributed by atoms with Crippen molar-refractivity contribution in [2.24, 2.45) is 0 Å². The van der Waals surface area contributed by atoms with Crippen LogP contribution < -0.4 is 5.32 Å².